The molecular weight excluding hydrogens is 521 g/mol. The summed E-state index contributed by atoms with van der Waals surface area (Å²) >= 11 is 3.56. The van der Waals surface area contributed by atoms with E-state index >= 15 is 0 Å². The molecule has 1 aliphatic rings. The highest BCUT2D eigenvalue weighted by Gasteiger charge is 2.18. The molecule has 1 aliphatic carbocycles. The molecule has 0 aliphatic heterocycles. The Labute approximate surface area is 220 Å². The molecule has 1 heterocycles. The quantitative estimate of drug-likeness (QED) is 0.277. The normalized spacial score (nSPS) is 12.6. The Bertz CT molecular complexity index is 1300. The van der Waals surface area contributed by atoms with Crippen molar-refractivity contribution in [2.45, 2.75) is 40.7 Å². The third-order valence-electron chi connectivity index (χ3n) is 5.49. The summed E-state index contributed by atoms with van der Waals surface area (Å²) in [7, 11) is 0. The lowest BCUT2D eigenvalue weighted by Crippen LogP contribution is -2.08. The van der Waals surface area contributed by atoms with Crippen molar-refractivity contribution in [3.8, 4) is 17.0 Å². The number of hydrogen-bond acceptors (Lipinski definition) is 3. The number of aromatic nitrogens is 1. The monoisotopic (exact) mass is 551 g/mol. The van der Waals surface area contributed by atoms with Gasteiger partial charge in [-0.15, -0.1) is 0 Å². The van der Waals surface area contributed by atoms with E-state index in [-0.39, 0.29) is 18.4 Å². The summed E-state index contributed by atoms with van der Waals surface area (Å²) in [6.45, 7) is 8.24. The van der Waals surface area contributed by atoms with Crippen LogP contribution in [0.2, 0.25) is 0 Å². The van der Waals surface area contributed by atoms with Crippen molar-refractivity contribution >= 4 is 27.6 Å². The van der Waals surface area contributed by atoms with Gasteiger partial charge in [-0.05, 0) is 68.8 Å². The Kier molecular flexibility index (Phi) is 9.88. The first kappa shape index (κ1) is 27.2. The van der Waals surface area contributed by atoms with Gasteiger partial charge in [-0.3, -0.25) is 0 Å². The molecule has 4 rings (SSSR count). The Morgan fingerprint density at radius 2 is 1.89 bits per heavy atom. The fourth-order valence-electron chi connectivity index (χ4n) is 3.84. The summed E-state index contributed by atoms with van der Waals surface area (Å²) in [6, 6.07) is 16.4. The van der Waals surface area contributed by atoms with Crippen LogP contribution in [0.25, 0.3) is 17.0 Å². The van der Waals surface area contributed by atoms with Crippen LogP contribution >= 0.6 is 15.9 Å². The predicted molar refractivity (Wildman–Crippen MR) is 147 cm³/mol. The highest BCUT2D eigenvalue weighted by Crippen LogP contribution is 2.37. The number of carbonyl (C=O) groups excluding carboxylic acids is 1. The Hall–Kier alpha value is -3.38. The van der Waals surface area contributed by atoms with E-state index in [0.717, 1.165) is 27.1 Å². The summed E-state index contributed by atoms with van der Waals surface area (Å²) < 4.78 is 28.4. The smallest absolute Gasteiger partial charge is 0.334 e. The molecule has 0 saturated heterocycles. The number of esters is 1. The lowest BCUT2D eigenvalue weighted by atomic mass is 10.1. The molecule has 0 radical (unpaired) electrons. The van der Waals surface area contributed by atoms with Crippen molar-refractivity contribution in [3.63, 3.8) is 0 Å². The molecule has 0 spiro atoms. The number of aryl methyl sites for hydroxylation is 1. The van der Waals surface area contributed by atoms with Crippen LogP contribution in [0.3, 0.4) is 0 Å². The molecular formula is C30H31BrFNO3. The second-order valence-corrected chi connectivity index (χ2v) is 8.75. The second-order valence-electron chi connectivity index (χ2n) is 7.83. The molecule has 1 aromatic heterocycles. The molecule has 0 atom stereocenters. The maximum absolute atomic E-state index is 14.1. The van der Waals surface area contributed by atoms with Gasteiger partial charge in [0.15, 0.2) is 0 Å². The summed E-state index contributed by atoms with van der Waals surface area (Å²) in [4.78, 5) is 12.4. The number of halogens is 2. The van der Waals surface area contributed by atoms with Gasteiger partial charge in [0.2, 0.25) is 0 Å². The van der Waals surface area contributed by atoms with E-state index in [1.54, 1.807) is 25.1 Å². The summed E-state index contributed by atoms with van der Waals surface area (Å²) in [5.41, 5.74) is 4.65. The number of nitrogens with zero attached hydrogens (tertiary/aromatic N) is 1. The van der Waals surface area contributed by atoms with Crippen LogP contribution in [0, 0.1) is 12.7 Å². The van der Waals surface area contributed by atoms with E-state index in [0.29, 0.717) is 29.9 Å². The first-order valence-corrected chi connectivity index (χ1v) is 12.9. The zero-order valence-electron chi connectivity index (χ0n) is 21.1. The Morgan fingerprint density at radius 1 is 1.11 bits per heavy atom. The number of ether oxygens (including phenoxy) is 2. The van der Waals surface area contributed by atoms with Crippen LogP contribution in [0.15, 0.2) is 88.9 Å². The molecule has 0 unspecified atom stereocenters. The average Bonchev–Trinajstić information content (AvgIpc) is 3.10. The van der Waals surface area contributed by atoms with Gasteiger partial charge in [-0.2, -0.15) is 0 Å². The molecule has 36 heavy (non-hydrogen) atoms. The molecule has 6 heteroatoms. The molecule has 3 aromatic rings. The van der Waals surface area contributed by atoms with Gasteiger partial charge < -0.3 is 14.0 Å². The molecule has 0 N–H and O–H groups in total. The van der Waals surface area contributed by atoms with Crippen molar-refractivity contribution in [3.05, 3.63) is 106 Å². The van der Waals surface area contributed by atoms with E-state index in [2.05, 4.69) is 20.5 Å². The number of carbonyl (C=O) groups is 1. The molecule has 188 valence electrons. The lowest BCUT2D eigenvalue weighted by molar-refractivity contribution is -0.138. The topological polar surface area (TPSA) is 40.5 Å². The summed E-state index contributed by atoms with van der Waals surface area (Å²) in [5, 5.41) is 0. The van der Waals surface area contributed by atoms with Gasteiger partial charge in [0, 0.05) is 32.6 Å². The number of allylic oxidation sites excluding steroid dienone is 5. The van der Waals surface area contributed by atoms with Crippen molar-refractivity contribution < 1.29 is 18.7 Å². The SMILES string of the molecule is CC.CCOC(=O)C1=CC(n2c(C)ccc2-c2cc(Br)ccc2OCc2ccccc2F)=CC=CC1. The fourth-order valence-corrected chi connectivity index (χ4v) is 4.20. The molecule has 0 fully saturated rings. The lowest BCUT2D eigenvalue weighted by Gasteiger charge is -2.17. The molecule has 4 nitrogen and oxygen atoms in total. The van der Waals surface area contributed by atoms with Crippen LogP contribution in [0.5, 0.6) is 5.75 Å². The molecule has 0 amide bonds. The number of rotatable bonds is 7. The maximum Gasteiger partial charge on any atom is 0.334 e. The standard InChI is InChI=1S/C28H25BrFNO3.C2H6/c1-3-33-28(32)20-8-4-6-10-23(16-20)31-19(2)12-14-26(31)24-17-22(29)13-15-27(24)34-18-21-9-5-7-11-25(21)30;1-2/h4-7,9-17H,3,8,18H2,1-2H3;1-2H3. The number of hydrogen-bond donors (Lipinski definition) is 0. The van der Waals surface area contributed by atoms with Crippen molar-refractivity contribution in [1.29, 1.82) is 0 Å². The maximum atomic E-state index is 14.1. The van der Waals surface area contributed by atoms with Crippen LogP contribution in [-0.2, 0) is 16.1 Å². The number of benzene rings is 2. The predicted octanol–water partition coefficient (Wildman–Crippen LogP) is 8.26. The molecule has 2 aromatic carbocycles. The highest BCUT2D eigenvalue weighted by molar-refractivity contribution is 9.10. The Morgan fingerprint density at radius 3 is 2.64 bits per heavy atom. The van der Waals surface area contributed by atoms with E-state index in [4.69, 9.17) is 9.47 Å². The van der Waals surface area contributed by atoms with Gasteiger partial charge in [0.1, 0.15) is 18.2 Å². The van der Waals surface area contributed by atoms with Crippen LogP contribution in [0.1, 0.15) is 38.4 Å². The van der Waals surface area contributed by atoms with Crippen molar-refractivity contribution in [1.82, 2.24) is 4.57 Å². The molecule has 0 saturated carbocycles. The Balaban J connectivity index is 0.00000176. The van der Waals surface area contributed by atoms with Crippen LogP contribution < -0.4 is 4.74 Å². The van der Waals surface area contributed by atoms with Gasteiger partial charge in [-0.25, -0.2) is 9.18 Å². The van der Waals surface area contributed by atoms with Gasteiger partial charge in [0.05, 0.1) is 12.3 Å². The summed E-state index contributed by atoms with van der Waals surface area (Å²) in [5.74, 6) is 0.0141. The minimum Gasteiger partial charge on any atom is -0.488 e. The second kappa shape index (κ2) is 13.1. The van der Waals surface area contributed by atoms with Crippen molar-refractivity contribution in [2.75, 3.05) is 6.61 Å². The van der Waals surface area contributed by atoms with E-state index < -0.39 is 0 Å². The largest absolute Gasteiger partial charge is 0.488 e. The molecule has 0 bridgehead atoms. The first-order valence-electron chi connectivity index (χ1n) is 12.1. The minimum atomic E-state index is -0.317. The fraction of sp³-hybridized carbons (Fsp3) is 0.233. The van der Waals surface area contributed by atoms with Gasteiger partial charge >= 0.3 is 5.97 Å². The summed E-state index contributed by atoms with van der Waals surface area (Å²) in [6.07, 6.45) is 8.23. The van der Waals surface area contributed by atoms with Gasteiger partial charge in [-0.1, -0.05) is 60.1 Å². The highest BCUT2D eigenvalue weighted by atomic mass is 79.9. The van der Waals surface area contributed by atoms with Crippen LogP contribution in [0.4, 0.5) is 4.39 Å². The minimum absolute atomic E-state index is 0.110. The van der Waals surface area contributed by atoms with E-state index in [1.165, 1.54) is 6.07 Å². The third kappa shape index (κ3) is 6.43. The van der Waals surface area contributed by atoms with Gasteiger partial charge in [0.25, 0.3) is 0 Å². The zero-order chi connectivity index (χ0) is 26.1. The third-order valence-corrected chi connectivity index (χ3v) is 5.99. The van der Waals surface area contributed by atoms with E-state index in [9.17, 15) is 9.18 Å². The van der Waals surface area contributed by atoms with Crippen LogP contribution in [-0.4, -0.2) is 17.1 Å². The average molecular weight is 552 g/mol. The van der Waals surface area contributed by atoms with Crippen molar-refractivity contribution in [2.24, 2.45) is 0 Å². The van der Waals surface area contributed by atoms with E-state index in [1.807, 2.05) is 75.4 Å². The first-order chi connectivity index (χ1) is 17.5. The zero-order valence-corrected chi connectivity index (χ0v) is 22.6.